The molecule has 3 aromatic rings. The van der Waals surface area contributed by atoms with Crippen LogP contribution in [0.1, 0.15) is 63.1 Å². The number of fused-ring (bicyclic) bond motifs is 1. The van der Waals surface area contributed by atoms with Gasteiger partial charge in [0.2, 0.25) is 15.0 Å². The normalized spacial score (nSPS) is 26.0. The van der Waals surface area contributed by atoms with Crippen LogP contribution < -0.4 is 9.62 Å². The Bertz CT molecular complexity index is 1690. The molecule has 4 fully saturated rings. The predicted molar refractivity (Wildman–Crippen MR) is 150 cm³/mol. The average molecular weight is 643 g/mol. The molecule has 2 N–H and O–H groups in total. The molecule has 7 rings (SSSR count). The largest absolute Gasteiger partial charge is 0.445 e. The van der Waals surface area contributed by atoms with Crippen molar-refractivity contribution in [3.63, 3.8) is 0 Å². The van der Waals surface area contributed by atoms with E-state index in [2.05, 4.69) is 14.9 Å². The lowest BCUT2D eigenvalue weighted by atomic mass is 9.74. The van der Waals surface area contributed by atoms with Crippen molar-refractivity contribution in [2.45, 2.75) is 86.8 Å². The summed E-state index contributed by atoms with van der Waals surface area (Å²) < 4.78 is 84.0. The third-order valence-corrected chi connectivity index (χ3v) is 12.1. The number of aromatic nitrogens is 4. The van der Waals surface area contributed by atoms with Crippen molar-refractivity contribution < 1.29 is 36.2 Å². The SMILES string of the molecule is COC1(c2nc3c(N4CCC5(CC4)CO[C@H](C)C5O)cc(S(=O)(=O)NC4(C)CC4)cn3c2-c2nnc(C(F)(F)F)s2)CC1. The average Bonchev–Trinajstić information content (AvgIpc) is 3.75. The number of nitrogens with one attached hydrogen (secondary N) is 1. The zero-order valence-electron chi connectivity index (χ0n) is 23.9. The fourth-order valence-electron chi connectivity index (χ4n) is 6.37. The Kier molecular flexibility index (Phi) is 6.53. The predicted octanol–water partition coefficient (Wildman–Crippen LogP) is 3.70. The van der Waals surface area contributed by atoms with Gasteiger partial charge >= 0.3 is 6.18 Å². The van der Waals surface area contributed by atoms with Crippen molar-refractivity contribution in [2.24, 2.45) is 5.41 Å². The Morgan fingerprint density at radius 3 is 2.40 bits per heavy atom. The summed E-state index contributed by atoms with van der Waals surface area (Å²) in [6, 6.07) is 1.58. The van der Waals surface area contributed by atoms with Crippen LogP contribution in [0.15, 0.2) is 17.2 Å². The molecule has 11 nitrogen and oxygen atoms in total. The Labute approximate surface area is 250 Å². The lowest BCUT2D eigenvalue weighted by Crippen LogP contribution is -2.47. The van der Waals surface area contributed by atoms with Gasteiger partial charge in [-0.15, -0.1) is 10.2 Å². The minimum absolute atomic E-state index is 0.0291. The summed E-state index contributed by atoms with van der Waals surface area (Å²) in [4.78, 5) is 6.93. The first kappa shape index (κ1) is 29.3. The van der Waals surface area contributed by atoms with Crippen molar-refractivity contribution in [1.82, 2.24) is 24.3 Å². The summed E-state index contributed by atoms with van der Waals surface area (Å²) in [5.41, 5.74) is -0.201. The first-order valence-electron chi connectivity index (χ1n) is 14.3. The van der Waals surface area contributed by atoms with Gasteiger partial charge in [-0.05, 0) is 58.4 Å². The number of halogens is 3. The Hall–Kier alpha value is -2.37. The molecule has 2 aliphatic carbocycles. The number of anilines is 1. The smallest absolute Gasteiger partial charge is 0.390 e. The van der Waals surface area contributed by atoms with Gasteiger partial charge in [0.15, 0.2) is 10.7 Å². The summed E-state index contributed by atoms with van der Waals surface area (Å²) in [5.74, 6) is 0. The van der Waals surface area contributed by atoms with Crippen molar-refractivity contribution in [1.29, 1.82) is 0 Å². The lowest BCUT2D eigenvalue weighted by Gasteiger charge is -2.41. The molecule has 2 saturated carbocycles. The second-order valence-corrected chi connectivity index (χ2v) is 15.3. The van der Waals surface area contributed by atoms with Gasteiger partial charge in [-0.3, -0.25) is 4.40 Å². The van der Waals surface area contributed by atoms with E-state index in [0.717, 1.165) is 0 Å². The van der Waals surface area contributed by atoms with Crippen molar-refractivity contribution in [3.8, 4) is 10.7 Å². The monoisotopic (exact) mass is 642 g/mol. The molecule has 0 radical (unpaired) electrons. The van der Waals surface area contributed by atoms with Crippen LogP contribution in [-0.2, 0) is 31.3 Å². The quantitative estimate of drug-likeness (QED) is 0.396. The highest BCUT2D eigenvalue weighted by Gasteiger charge is 2.51. The second kappa shape index (κ2) is 9.57. The molecule has 43 heavy (non-hydrogen) atoms. The molecule has 234 valence electrons. The van der Waals surface area contributed by atoms with E-state index in [-0.39, 0.29) is 21.7 Å². The van der Waals surface area contributed by atoms with E-state index >= 15 is 0 Å². The fraction of sp³-hybridized carbons (Fsp3) is 0.667. The maximum atomic E-state index is 13.7. The molecule has 2 saturated heterocycles. The maximum absolute atomic E-state index is 13.7. The number of pyridine rings is 1. The van der Waals surface area contributed by atoms with Crippen LogP contribution >= 0.6 is 11.3 Å². The van der Waals surface area contributed by atoms with Crippen LogP contribution in [0.25, 0.3) is 16.3 Å². The number of alkyl halides is 3. The highest BCUT2D eigenvalue weighted by Crippen LogP contribution is 2.53. The molecule has 3 aromatic heterocycles. The molecule has 16 heteroatoms. The molecular formula is C27H33F3N6O5S2. The summed E-state index contributed by atoms with van der Waals surface area (Å²) in [6.07, 6.45) is -0.294. The van der Waals surface area contributed by atoms with Crippen LogP contribution in [0.5, 0.6) is 0 Å². The van der Waals surface area contributed by atoms with E-state index in [0.29, 0.717) is 86.6 Å². The van der Waals surface area contributed by atoms with Crippen molar-refractivity contribution in [2.75, 3.05) is 31.7 Å². The third-order valence-electron chi connectivity index (χ3n) is 9.57. The van der Waals surface area contributed by atoms with E-state index in [9.17, 15) is 26.7 Å². The highest BCUT2D eigenvalue weighted by atomic mass is 32.2. The van der Waals surface area contributed by atoms with Crippen molar-refractivity contribution in [3.05, 3.63) is 23.0 Å². The highest BCUT2D eigenvalue weighted by molar-refractivity contribution is 7.89. The molecule has 1 unspecified atom stereocenters. The lowest BCUT2D eigenvalue weighted by molar-refractivity contribution is -0.138. The molecule has 4 aliphatic rings. The zero-order valence-corrected chi connectivity index (χ0v) is 25.6. The van der Waals surface area contributed by atoms with Gasteiger partial charge in [-0.1, -0.05) is 11.3 Å². The van der Waals surface area contributed by atoms with Gasteiger partial charge in [0.1, 0.15) is 21.9 Å². The number of piperidine rings is 1. The molecule has 1 spiro atoms. The number of aliphatic hydroxyl groups excluding tert-OH is 1. The molecule has 2 atom stereocenters. The summed E-state index contributed by atoms with van der Waals surface area (Å²) in [5, 5.41) is 17.0. The maximum Gasteiger partial charge on any atom is 0.445 e. The topological polar surface area (TPSA) is 131 Å². The van der Waals surface area contributed by atoms with Crippen LogP contribution in [-0.4, -0.2) is 77.7 Å². The van der Waals surface area contributed by atoms with E-state index in [1.54, 1.807) is 6.07 Å². The Balaban J connectivity index is 1.40. The third kappa shape index (κ3) is 4.84. The van der Waals surface area contributed by atoms with Gasteiger partial charge in [0.05, 0.1) is 24.5 Å². The number of imidazole rings is 1. The molecular weight excluding hydrogens is 609 g/mol. The molecule has 5 heterocycles. The molecule has 0 amide bonds. The zero-order chi connectivity index (χ0) is 30.6. The Morgan fingerprint density at radius 1 is 1.16 bits per heavy atom. The summed E-state index contributed by atoms with van der Waals surface area (Å²) >= 11 is 0.385. The minimum atomic E-state index is -4.69. The van der Waals surface area contributed by atoms with Gasteiger partial charge in [0, 0.05) is 37.4 Å². The number of rotatable bonds is 7. The van der Waals surface area contributed by atoms with Gasteiger partial charge in [0.25, 0.3) is 0 Å². The first-order valence-corrected chi connectivity index (χ1v) is 16.6. The van der Waals surface area contributed by atoms with Crippen LogP contribution in [0.2, 0.25) is 0 Å². The van der Waals surface area contributed by atoms with Gasteiger partial charge < -0.3 is 19.5 Å². The van der Waals surface area contributed by atoms with E-state index in [4.69, 9.17) is 14.5 Å². The second-order valence-electron chi connectivity index (χ2n) is 12.6. The van der Waals surface area contributed by atoms with E-state index in [1.165, 1.54) is 17.7 Å². The fourth-order valence-corrected chi connectivity index (χ4v) is 8.60. The van der Waals surface area contributed by atoms with Crippen LogP contribution in [0.3, 0.4) is 0 Å². The van der Waals surface area contributed by atoms with Gasteiger partial charge in [-0.2, -0.15) is 13.2 Å². The number of hydrogen-bond acceptors (Lipinski definition) is 10. The number of sulfonamides is 1. The number of hydrogen-bond donors (Lipinski definition) is 2. The van der Waals surface area contributed by atoms with Gasteiger partial charge in [-0.25, -0.2) is 18.1 Å². The Morgan fingerprint density at radius 2 is 1.86 bits per heavy atom. The molecule has 0 aromatic carbocycles. The first-order chi connectivity index (χ1) is 20.2. The minimum Gasteiger partial charge on any atom is -0.390 e. The summed E-state index contributed by atoms with van der Waals surface area (Å²) in [6.45, 7) is 5.14. The standard InChI is InChI=1S/C27H33F3N6O5S2/c1-15-20(37)25(14-41-15)8-10-35(11-9-25)17-12-16(43(38,39)34-24(2)4-5-24)13-36-18(22-32-33-23(42-22)27(28,29)30)19(31-21(17)36)26(40-3)6-7-26/h12-13,15,20,34,37H,4-11,14H2,1-3H3/t15-,20?/m1/s1. The van der Waals surface area contributed by atoms with E-state index < -0.39 is 43.9 Å². The number of aliphatic hydroxyl groups is 1. The van der Waals surface area contributed by atoms with Crippen molar-refractivity contribution >= 4 is 32.7 Å². The number of ether oxygens (including phenoxy) is 2. The molecule has 0 bridgehead atoms. The van der Waals surface area contributed by atoms with Crippen LogP contribution in [0, 0.1) is 5.41 Å². The number of methoxy groups -OCH3 is 1. The molecule has 2 aliphatic heterocycles. The van der Waals surface area contributed by atoms with Crippen LogP contribution in [0.4, 0.5) is 18.9 Å². The number of nitrogens with zero attached hydrogens (tertiary/aromatic N) is 5. The summed E-state index contributed by atoms with van der Waals surface area (Å²) in [7, 11) is -2.48. The van der Waals surface area contributed by atoms with E-state index in [1.807, 2.05) is 18.7 Å².